The van der Waals surface area contributed by atoms with E-state index in [0.29, 0.717) is 24.9 Å². The molecule has 2 atom stereocenters. The first-order valence-electron chi connectivity index (χ1n) is 5.98. The third kappa shape index (κ3) is 2.67. The van der Waals surface area contributed by atoms with Crippen LogP contribution in [-0.2, 0) is 4.79 Å². The minimum Gasteiger partial charge on any atom is -0.481 e. The van der Waals surface area contributed by atoms with E-state index in [1.54, 1.807) is 0 Å². The fourth-order valence-electron chi connectivity index (χ4n) is 2.54. The summed E-state index contributed by atoms with van der Waals surface area (Å²) in [6.07, 6.45) is -0.220. The number of carboxylic acids is 1. The number of amides is 1. The van der Waals surface area contributed by atoms with Crippen LogP contribution in [0.1, 0.15) is 24.4 Å². The van der Waals surface area contributed by atoms with Crippen LogP contribution >= 0.6 is 0 Å². The number of carbonyl (C=O) groups is 2. The predicted octanol–water partition coefficient (Wildman–Crippen LogP) is 2.34. The summed E-state index contributed by atoms with van der Waals surface area (Å²) >= 11 is 0. The van der Waals surface area contributed by atoms with Crippen LogP contribution in [0.25, 0.3) is 0 Å². The summed E-state index contributed by atoms with van der Waals surface area (Å²) in [4.78, 5) is 23.6. The van der Waals surface area contributed by atoms with E-state index in [1.165, 1.54) is 24.3 Å². The van der Waals surface area contributed by atoms with Crippen molar-refractivity contribution in [1.82, 2.24) is 4.90 Å². The summed E-state index contributed by atoms with van der Waals surface area (Å²) in [6, 6.07) is 4.55. The van der Waals surface area contributed by atoms with Crippen LogP contribution in [0.2, 0.25) is 0 Å². The van der Waals surface area contributed by atoms with Gasteiger partial charge in [0.2, 0.25) is 0 Å². The monoisotopic (exact) mass is 267 g/mol. The molecule has 1 aromatic rings. The first-order valence-corrected chi connectivity index (χ1v) is 5.98. The predicted molar refractivity (Wildman–Crippen MR) is 64.2 cm³/mol. The molecular formula is C13H14FNO4. The zero-order valence-electron chi connectivity index (χ0n) is 10.1. The molecule has 2 rings (SSSR count). The Morgan fingerprint density at radius 3 is 2.37 bits per heavy atom. The van der Waals surface area contributed by atoms with E-state index in [4.69, 9.17) is 0 Å². The number of piperidine rings is 1. The second kappa shape index (κ2) is 5.26. The number of rotatable bonds is 2. The van der Waals surface area contributed by atoms with Crippen molar-refractivity contribution in [2.24, 2.45) is 5.92 Å². The highest BCUT2D eigenvalue weighted by atomic mass is 19.1. The molecule has 5 nitrogen and oxygen atoms in total. The molecular weight excluding hydrogens is 253 g/mol. The Hall–Kier alpha value is -2.11. The number of nitrogens with zero attached hydrogens (tertiary/aromatic N) is 1. The Bertz CT molecular complexity index is 466. The molecule has 0 saturated carbocycles. The van der Waals surface area contributed by atoms with Crippen LogP contribution in [-0.4, -0.2) is 33.7 Å². The Kier molecular flexibility index (Phi) is 3.69. The van der Waals surface area contributed by atoms with E-state index >= 15 is 0 Å². The van der Waals surface area contributed by atoms with Crippen molar-refractivity contribution < 1.29 is 24.2 Å². The second-order valence-electron chi connectivity index (χ2n) is 4.56. The lowest BCUT2D eigenvalue weighted by atomic mass is 9.85. The van der Waals surface area contributed by atoms with Gasteiger partial charge in [-0.1, -0.05) is 12.1 Å². The Morgan fingerprint density at radius 1 is 1.21 bits per heavy atom. The highest BCUT2D eigenvalue weighted by Crippen LogP contribution is 2.36. The summed E-state index contributed by atoms with van der Waals surface area (Å²) < 4.78 is 12.9. The summed E-state index contributed by atoms with van der Waals surface area (Å²) in [5, 5.41) is 18.4. The van der Waals surface area contributed by atoms with E-state index in [1.807, 2.05) is 0 Å². The molecule has 1 saturated heterocycles. The van der Waals surface area contributed by atoms with E-state index in [0.717, 1.165) is 4.90 Å². The molecule has 0 aliphatic carbocycles. The Labute approximate surface area is 109 Å². The molecule has 0 bridgehead atoms. The molecule has 1 fully saturated rings. The van der Waals surface area contributed by atoms with Crippen molar-refractivity contribution >= 4 is 12.1 Å². The number of aliphatic carboxylic acids is 1. The molecule has 1 aromatic carbocycles. The van der Waals surface area contributed by atoms with Crippen LogP contribution in [0, 0.1) is 11.7 Å². The largest absolute Gasteiger partial charge is 0.481 e. The second-order valence-corrected chi connectivity index (χ2v) is 4.56. The molecule has 1 heterocycles. The maximum Gasteiger partial charge on any atom is 0.407 e. The van der Waals surface area contributed by atoms with E-state index in [2.05, 4.69) is 0 Å². The number of likely N-dealkylation sites (tertiary alicyclic amines) is 1. The molecule has 6 heteroatoms. The van der Waals surface area contributed by atoms with Gasteiger partial charge in [0.1, 0.15) is 5.82 Å². The normalized spacial score (nSPS) is 23.1. The van der Waals surface area contributed by atoms with Gasteiger partial charge in [0.25, 0.3) is 0 Å². The van der Waals surface area contributed by atoms with Gasteiger partial charge in [0.15, 0.2) is 0 Å². The first-order chi connectivity index (χ1) is 9.00. The van der Waals surface area contributed by atoms with Crippen LogP contribution in [0.5, 0.6) is 0 Å². The average Bonchev–Trinajstić information content (AvgIpc) is 2.38. The molecule has 0 spiro atoms. The number of halogens is 1. The van der Waals surface area contributed by atoms with Crippen molar-refractivity contribution in [3.8, 4) is 0 Å². The van der Waals surface area contributed by atoms with Crippen LogP contribution in [0.4, 0.5) is 9.18 Å². The molecule has 1 aliphatic heterocycles. The van der Waals surface area contributed by atoms with E-state index < -0.39 is 29.8 Å². The van der Waals surface area contributed by atoms with Crippen LogP contribution in [0.3, 0.4) is 0 Å². The molecule has 1 aliphatic rings. The fraction of sp³-hybridized carbons (Fsp3) is 0.385. The summed E-state index contributed by atoms with van der Waals surface area (Å²) in [5.74, 6) is -2.26. The maximum atomic E-state index is 12.9. The smallest absolute Gasteiger partial charge is 0.407 e. The van der Waals surface area contributed by atoms with Gasteiger partial charge >= 0.3 is 12.1 Å². The van der Waals surface area contributed by atoms with Crippen molar-refractivity contribution in [1.29, 1.82) is 0 Å². The van der Waals surface area contributed by atoms with Gasteiger partial charge in [0, 0.05) is 6.54 Å². The third-order valence-corrected chi connectivity index (χ3v) is 3.41. The lowest BCUT2D eigenvalue weighted by Crippen LogP contribution is -2.44. The van der Waals surface area contributed by atoms with Crippen molar-refractivity contribution in [3.63, 3.8) is 0 Å². The molecule has 102 valence electrons. The summed E-state index contributed by atoms with van der Waals surface area (Å²) in [7, 11) is 0. The topological polar surface area (TPSA) is 77.8 Å². The minimum absolute atomic E-state index is 0.293. The number of benzene rings is 1. The third-order valence-electron chi connectivity index (χ3n) is 3.41. The van der Waals surface area contributed by atoms with Gasteiger partial charge < -0.3 is 15.1 Å². The quantitative estimate of drug-likeness (QED) is 0.862. The lowest BCUT2D eigenvalue weighted by Gasteiger charge is -2.38. The molecule has 0 aromatic heterocycles. The molecule has 2 N–H and O–H groups in total. The van der Waals surface area contributed by atoms with E-state index in [9.17, 15) is 24.2 Å². The average molecular weight is 267 g/mol. The van der Waals surface area contributed by atoms with Gasteiger partial charge in [-0.05, 0) is 30.5 Å². The zero-order valence-corrected chi connectivity index (χ0v) is 10.1. The number of hydrogen-bond acceptors (Lipinski definition) is 2. The standard InChI is InChI=1S/C13H14FNO4/c14-9-5-3-8(4-6-9)11-10(12(16)17)2-1-7-15(11)13(18)19/h3-6,10-11H,1-2,7H2,(H,16,17)(H,18,19)/t10-,11+/m0/s1. The van der Waals surface area contributed by atoms with Crippen LogP contribution in [0.15, 0.2) is 24.3 Å². The zero-order chi connectivity index (χ0) is 14.0. The SMILES string of the molecule is O=C(O)[C@H]1CCCN(C(=O)O)[C@@H]1c1ccc(F)cc1. The summed E-state index contributed by atoms with van der Waals surface area (Å²) in [6.45, 7) is 0.293. The lowest BCUT2D eigenvalue weighted by molar-refractivity contribution is -0.145. The number of hydrogen-bond donors (Lipinski definition) is 2. The van der Waals surface area contributed by atoms with E-state index in [-0.39, 0.29) is 0 Å². The first kappa shape index (κ1) is 13.3. The van der Waals surface area contributed by atoms with Gasteiger partial charge in [-0.15, -0.1) is 0 Å². The summed E-state index contributed by atoms with van der Waals surface area (Å²) in [5.41, 5.74) is 0.510. The van der Waals surface area contributed by atoms with Crippen molar-refractivity contribution in [2.75, 3.05) is 6.54 Å². The van der Waals surface area contributed by atoms with Gasteiger partial charge in [-0.2, -0.15) is 0 Å². The van der Waals surface area contributed by atoms with Gasteiger partial charge in [0.05, 0.1) is 12.0 Å². The van der Waals surface area contributed by atoms with Gasteiger partial charge in [-0.25, -0.2) is 9.18 Å². The Morgan fingerprint density at radius 2 is 1.84 bits per heavy atom. The van der Waals surface area contributed by atoms with Crippen LogP contribution < -0.4 is 0 Å². The van der Waals surface area contributed by atoms with Crippen molar-refractivity contribution in [2.45, 2.75) is 18.9 Å². The fourth-order valence-corrected chi connectivity index (χ4v) is 2.54. The highest BCUT2D eigenvalue weighted by molar-refractivity contribution is 5.74. The maximum absolute atomic E-state index is 12.9. The Balaban J connectivity index is 2.39. The number of carboxylic acid groups (broad SMARTS) is 2. The molecule has 19 heavy (non-hydrogen) atoms. The minimum atomic E-state index is -1.15. The molecule has 0 radical (unpaired) electrons. The molecule has 1 amide bonds. The molecule has 0 unspecified atom stereocenters. The van der Waals surface area contributed by atoms with Gasteiger partial charge in [-0.3, -0.25) is 4.79 Å². The highest BCUT2D eigenvalue weighted by Gasteiger charge is 2.39. The van der Waals surface area contributed by atoms with Crippen molar-refractivity contribution in [3.05, 3.63) is 35.6 Å².